The van der Waals surface area contributed by atoms with Crippen LogP contribution >= 0.6 is 11.6 Å². The number of amides is 2. The van der Waals surface area contributed by atoms with Crippen molar-refractivity contribution in [2.75, 3.05) is 26.1 Å². The summed E-state index contributed by atoms with van der Waals surface area (Å²) >= 11 is 6.16. The van der Waals surface area contributed by atoms with Crippen LogP contribution in [0.15, 0.2) is 36.4 Å². The van der Waals surface area contributed by atoms with E-state index in [1.165, 1.54) is 19.8 Å². The maximum absolute atomic E-state index is 12.7. The lowest BCUT2D eigenvalue weighted by Crippen LogP contribution is -2.28. The van der Waals surface area contributed by atoms with Crippen LogP contribution in [0.4, 0.5) is 5.69 Å². The molecule has 3 rings (SSSR count). The van der Waals surface area contributed by atoms with Gasteiger partial charge in [0.25, 0.3) is 0 Å². The summed E-state index contributed by atoms with van der Waals surface area (Å²) in [5.74, 6) is 0.204. The Kier molecular flexibility index (Phi) is 6.09. The number of anilines is 1. The zero-order chi connectivity index (χ0) is 20.3. The number of benzene rings is 2. The minimum Gasteiger partial charge on any atom is -0.495 e. The summed E-state index contributed by atoms with van der Waals surface area (Å²) in [6.45, 7) is 2.90. The number of carbonyl (C=O) groups is 2. The van der Waals surface area contributed by atoms with Gasteiger partial charge in [0, 0.05) is 25.6 Å². The van der Waals surface area contributed by atoms with E-state index in [0.29, 0.717) is 35.3 Å². The van der Waals surface area contributed by atoms with Gasteiger partial charge in [-0.05, 0) is 18.6 Å². The molecule has 0 aromatic heterocycles. The van der Waals surface area contributed by atoms with E-state index in [2.05, 4.69) is 5.32 Å². The number of halogens is 1. The third kappa shape index (κ3) is 4.39. The summed E-state index contributed by atoms with van der Waals surface area (Å²) in [7, 11) is 3.01. The fourth-order valence-electron chi connectivity index (χ4n) is 3.21. The highest BCUT2D eigenvalue weighted by Crippen LogP contribution is 2.36. The fraction of sp³-hybridized carbons (Fsp3) is 0.333. The molecular formula is C21H23ClN2O4. The van der Waals surface area contributed by atoms with Crippen molar-refractivity contribution < 1.29 is 19.1 Å². The molecule has 0 radical (unpaired) electrons. The van der Waals surface area contributed by atoms with Gasteiger partial charge in [0.1, 0.15) is 11.5 Å². The Hall–Kier alpha value is -2.73. The Labute approximate surface area is 169 Å². The van der Waals surface area contributed by atoms with Crippen LogP contribution in [0.2, 0.25) is 5.02 Å². The maximum atomic E-state index is 12.7. The van der Waals surface area contributed by atoms with Crippen molar-refractivity contribution >= 4 is 29.1 Å². The second-order valence-electron chi connectivity index (χ2n) is 6.84. The van der Waals surface area contributed by atoms with Gasteiger partial charge in [-0.3, -0.25) is 9.59 Å². The number of hydrogen-bond donors (Lipinski definition) is 1. The number of methoxy groups -OCH3 is 2. The van der Waals surface area contributed by atoms with Gasteiger partial charge in [-0.1, -0.05) is 41.4 Å². The highest BCUT2D eigenvalue weighted by molar-refractivity contribution is 6.32. The van der Waals surface area contributed by atoms with Crippen LogP contribution in [0.25, 0.3) is 0 Å². The van der Waals surface area contributed by atoms with Crippen LogP contribution in [-0.4, -0.2) is 37.5 Å². The van der Waals surface area contributed by atoms with Crippen molar-refractivity contribution in [1.82, 2.24) is 4.90 Å². The molecule has 6 nitrogen and oxygen atoms in total. The highest BCUT2D eigenvalue weighted by Gasteiger charge is 2.34. The molecule has 0 saturated carbocycles. The van der Waals surface area contributed by atoms with Crippen molar-refractivity contribution in [2.24, 2.45) is 5.92 Å². The molecule has 0 aliphatic carbocycles. The largest absolute Gasteiger partial charge is 0.495 e. The second kappa shape index (κ2) is 8.52. The van der Waals surface area contributed by atoms with E-state index in [1.54, 1.807) is 17.0 Å². The molecule has 1 aliphatic rings. The second-order valence-corrected chi connectivity index (χ2v) is 7.24. The molecule has 1 heterocycles. The number of aryl methyl sites for hydroxylation is 1. The molecule has 1 N–H and O–H groups in total. The van der Waals surface area contributed by atoms with Gasteiger partial charge in [-0.15, -0.1) is 0 Å². The number of likely N-dealkylation sites (tertiary alicyclic amines) is 1. The van der Waals surface area contributed by atoms with E-state index in [4.69, 9.17) is 21.1 Å². The van der Waals surface area contributed by atoms with Gasteiger partial charge in [0.2, 0.25) is 11.8 Å². The third-order valence-corrected chi connectivity index (χ3v) is 5.11. The van der Waals surface area contributed by atoms with Crippen molar-refractivity contribution in [1.29, 1.82) is 0 Å². The molecule has 28 heavy (non-hydrogen) atoms. The first-order valence-electron chi connectivity index (χ1n) is 8.97. The van der Waals surface area contributed by atoms with Crippen LogP contribution in [0.1, 0.15) is 17.5 Å². The van der Waals surface area contributed by atoms with E-state index < -0.39 is 5.92 Å². The maximum Gasteiger partial charge on any atom is 0.229 e. The zero-order valence-corrected chi connectivity index (χ0v) is 16.9. The Morgan fingerprint density at radius 1 is 1.18 bits per heavy atom. The Balaban J connectivity index is 1.68. The Morgan fingerprint density at radius 2 is 1.86 bits per heavy atom. The van der Waals surface area contributed by atoms with Gasteiger partial charge in [0.05, 0.1) is 30.8 Å². The molecule has 148 valence electrons. The van der Waals surface area contributed by atoms with Gasteiger partial charge in [-0.25, -0.2) is 0 Å². The summed E-state index contributed by atoms with van der Waals surface area (Å²) in [5, 5.41) is 3.19. The predicted octanol–water partition coefficient (Wildman–Crippen LogP) is 3.65. The Morgan fingerprint density at radius 3 is 2.50 bits per heavy atom. The normalized spacial score (nSPS) is 16.2. The van der Waals surface area contributed by atoms with Gasteiger partial charge < -0.3 is 19.7 Å². The lowest BCUT2D eigenvalue weighted by molar-refractivity contribution is -0.128. The zero-order valence-electron chi connectivity index (χ0n) is 16.1. The lowest BCUT2D eigenvalue weighted by Gasteiger charge is -2.17. The summed E-state index contributed by atoms with van der Waals surface area (Å²) in [5.41, 5.74) is 2.66. The predicted molar refractivity (Wildman–Crippen MR) is 108 cm³/mol. The first-order valence-corrected chi connectivity index (χ1v) is 9.34. The number of nitrogens with one attached hydrogen (secondary N) is 1. The minimum atomic E-state index is -0.427. The van der Waals surface area contributed by atoms with E-state index in [9.17, 15) is 9.59 Å². The number of nitrogens with zero attached hydrogens (tertiary/aromatic N) is 1. The monoisotopic (exact) mass is 402 g/mol. The van der Waals surface area contributed by atoms with Crippen molar-refractivity contribution in [2.45, 2.75) is 19.9 Å². The first kappa shape index (κ1) is 20.0. The number of hydrogen-bond acceptors (Lipinski definition) is 4. The smallest absolute Gasteiger partial charge is 0.229 e. The summed E-state index contributed by atoms with van der Waals surface area (Å²) < 4.78 is 10.5. The molecule has 1 saturated heterocycles. The molecule has 1 aliphatic heterocycles. The van der Waals surface area contributed by atoms with Crippen LogP contribution in [0, 0.1) is 12.8 Å². The molecule has 7 heteroatoms. The van der Waals surface area contributed by atoms with Gasteiger partial charge >= 0.3 is 0 Å². The third-order valence-electron chi connectivity index (χ3n) is 4.81. The molecule has 1 fully saturated rings. The van der Waals surface area contributed by atoms with Crippen LogP contribution in [-0.2, 0) is 16.1 Å². The van der Waals surface area contributed by atoms with Crippen molar-refractivity contribution in [3.8, 4) is 11.5 Å². The lowest BCUT2D eigenvalue weighted by atomic mass is 10.1. The van der Waals surface area contributed by atoms with E-state index in [-0.39, 0.29) is 18.2 Å². The van der Waals surface area contributed by atoms with Gasteiger partial charge in [0.15, 0.2) is 0 Å². The quantitative estimate of drug-likeness (QED) is 0.800. The van der Waals surface area contributed by atoms with Crippen molar-refractivity contribution in [3.05, 3.63) is 52.5 Å². The number of carbonyl (C=O) groups excluding carboxylic acids is 2. The van der Waals surface area contributed by atoms with Gasteiger partial charge in [-0.2, -0.15) is 0 Å². The minimum absolute atomic E-state index is 0.0274. The molecule has 0 bridgehead atoms. The van der Waals surface area contributed by atoms with Crippen LogP contribution < -0.4 is 14.8 Å². The summed E-state index contributed by atoms with van der Waals surface area (Å²) in [6.07, 6.45) is 0.184. The molecule has 2 amide bonds. The van der Waals surface area contributed by atoms with E-state index in [0.717, 1.165) is 5.56 Å². The average Bonchev–Trinajstić information content (AvgIpc) is 3.04. The molecule has 2 aromatic carbocycles. The molecule has 1 atom stereocenters. The average molecular weight is 403 g/mol. The van der Waals surface area contributed by atoms with E-state index in [1.807, 2.05) is 31.2 Å². The molecule has 1 unspecified atom stereocenters. The SMILES string of the molecule is COc1cc(OC)c(NC(=O)C2CC(=O)N(Cc3ccc(C)cc3)C2)cc1Cl. The van der Waals surface area contributed by atoms with Crippen molar-refractivity contribution in [3.63, 3.8) is 0 Å². The highest BCUT2D eigenvalue weighted by atomic mass is 35.5. The standard InChI is InChI=1S/C21H23ClN2O4/c1-13-4-6-14(7-5-13)11-24-12-15(8-20(24)25)21(26)23-17-9-16(22)18(27-2)10-19(17)28-3/h4-7,9-10,15H,8,11-12H2,1-3H3,(H,23,26). The van der Waals surface area contributed by atoms with E-state index >= 15 is 0 Å². The Bertz CT molecular complexity index is 883. The molecular weight excluding hydrogens is 380 g/mol. The fourth-order valence-corrected chi connectivity index (χ4v) is 3.45. The number of rotatable bonds is 6. The first-order chi connectivity index (χ1) is 13.4. The molecule has 2 aromatic rings. The van der Waals surface area contributed by atoms with Crippen LogP contribution in [0.5, 0.6) is 11.5 Å². The van der Waals surface area contributed by atoms with Crippen LogP contribution in [0.3, 0.4) is 0 Å². The number of ether oxygens (including phenoxy) is 2. The topological polar surface area (TPSA) is 67.9 Å². The summed E-state index contributed by atoms with van der Waals surface area (Å²) in [6, 6.07) is 11.2. The molecule has 0 spiro atoms. The summed E-state index contributed by atoms with van der Waals surface area (Å²) in [4.78, 5) is 26.8.